The van der Waals surface area contributed by atoms with Crippen molar-refractivity contribution in [3.8, 4) is 0 Å². The first-order valence-electron chi connectivity index (χ1n) is 8.02. The van der Waals surface area contributed by atoms with Gasteiger partial charge in [0, 0.05) is 5.39 Å². The van der Waals surface area contributed by atoms with Crippen molar-refractivity contribution in [2.24, 2.45) is 0 Å². The van der Waals surface area contributed by atoms with Crippen molar-refractivity contribution in [1.82, 2.24) is 9.97 Å². The molecule has 4 N–H and O–H groups in total. The van der Waals surface area contributed by atoms with Gasteiger partial charge in [0.15, 0.2) is 0 Å². The molecule has 0 amide bonds. The summed E-state index contributed by atoms with van der Waals surface area (Å²) in [5.41, 5.74) is 13.7. The molecule has 2 rings (SSSR count). The van der Waals surface area contributed by atoms with Gasteiger partial charge in [0.25, 0.3) is 0 Å². The summed E-state index contributed by atoms with van der Waals surface area (Å²) in [4.78, 5) is 8.23. The molecule has 1 aromatic carbocycles. The van der Waals surface area contributed by atoms with Crippen molar-refractivity contribution >= 4 is 22.7 Å². The number of nitrogens with two attached hydrogens (primary N) is 2. The van der Waals surface area contributed by atoms with Crippen LogP contribution in [0, 0.1) is 0 Å². The van der Waals surface area contributed by atoms with Crippen LogP contribution in [0.1, 0.15) is 57.4 Å². The highest BCUT2D eigenvalue weighted by Gasteiger charge is 2.04. The molecule has 1 heterocycles. The van der Waals surface area contributed by atoms with Crippen molar-refractivity contribution in [3.05, 3.63) is 23.8 Å². The number of benzene rings is 1. The fraction of sp³-hybridized carbons (Fsp3) is 0.529. The lowest BCUT2D eigenvalue weighted by molar-refractivity contribution is 0.589. The van der Waals surface area contributed by atoms with Gasteiger partial charge in [-0.3, -0.25) is 0 Å². The Labute approximate surface area is 127 Å². The minimum Gasteiger partial charge on any atom is -0.383 e. The second-order valence-corrected chi connectivity index (χ2v) is 5.69. The molecule has 0 saturated carbocycles. The predicted octanol–water partition coefficient (Wildman–Crippen LogP) is 4.09. The Morgan fingerprint density at radius 2 is 1.62 bits per heavy atom. The Bertz CT molecular complexity index is 580. The number of unbranched alkanes of at least 4 members (excludes halogenated alkanes) is 6. The summed E-state index contributed by atoms with van der Waals surface area (Å²) in [6, 6.07) is 6.20. The summed E-state index contributed by atoms with van der Waals surface area (Å²) >= 11 is 0. The highest BCUT2D eigenvalue weighted by atomic mass is 15.0. The average molecular weight is 286 g/mol. The highest BCUT2D eigenvalue weighted by molar-refractivity contribution is 5.89. The number of fused-ring (bicyclic) bond motifs is 1. The maximum atomic E-state index is 5.92. The molecule has 0 aliphatic heterocycles. The molecular formula is C17H26N4. The third kappa shape index (κ3) is 4.59. The fourth-order valence-electron chi connectivity index (χ4n) is 2.66. The van der Waals surface area contributed by atoms with Crippen LogP contribution in [0.25, 0.3) is 10.9 Å². The molecule has 0 fully saturated rings. The average Bonchev–Trinajstić information content (AvgIpc) is 2.46. The zero-order valence-electron chi connectivity index (χ0n) is 12.9. The highest BCUT2D eigenvalue weighted by Crippen LogP contribution is 2.21. The van der Waals surface area contributed by atoms with Crippen LogP contribution < -0.4 is 11.5 Å². The first-order chi connectivity index (χ1) is 10.2. The summed E-state index contributed by atoms with van der Waals surface area (Å²) < 4.78 is 0. The normalized spacial score (nSPS) is 11.1. The molecule has 4 nitrogen and oxygen atoms in total. The molecule has 21 heavy (non-hydrogen) atoms. The largest absolute Gasteiger partial charge is 0.383 e. The van der Waals surface area contributed by atoms with Gasteiger partial charge in [0.1, 0.15) is 5.82 Å². The van der Waals surface area contributed by atoms with Gasteiger partial charge in [0.2, 0.25) is 5.95 Å². The van der Waals surface area contributed by atoms with E-state index in [9.17, 15) is 0 Å². The van der Waals surface area contributed by atoms with Gasteiger partial charge < -0.3 is 11.5 Å². The van der Waals surface area contributed by atoms with Crippen molar-refractivity contribution < 1.29 is 0 Å². The fourth-order valence-corrected chi connectivity index (χ4v) is 2.66. The lowest BCUT2D eigenvalue weighted by Gasteiger charge is -2.06. The van der Waals surface area contributed by atoms with Crippen molar-refractivity contribution in [2.45, 2.75) is 58.3 Å². The number of rotatable bonds is 8. The standard InChI is InChI=1S/C17H26N4/c1-2-3-4-5-6-7-8-9-13-10-11-15-14(12-13)16(18)21-17(19)20-15/h10-12H,2-9H2,1H3,(H4,18,19,20,21). The second kappa shape index (κ2) is 7.81. The Hall–Kier alpha value is -1.84. The molecule has 0 radical (unpaired) electrons. The number of nitrogens with zero attached hydrogens (tertiary/aromatic N) is 2. The van der Waals surface area contributed by atoms with Gasteiger partial charge in [-0.2, -0.15) is 4.98 Å². The summed E-state index contributed by atoms with van der Waals surface area (Å²) in [7, 11) is 0. The van der Waals surface area contributed by atoms with Crippen molar-refractivity contribution in [2.75, 3.05) is 11.5 Å². The van der Waals surface area contributed by atoms with Crippen molar-refractivity contribution in [1.29, 1.82) is 0 Å². The molecule has 1 aromatic heterocycles. The summed E-state index contributed by atoms with van der Waals surface area (Å²) in [5.74, 6) is 0.707. The molecule has 114 valence electrons. The number of nitrogen functional groups attached to an aromatic ring is 2. The van der Waals surface area contributed by atoms with Crippen LogP contribution in [-0.4, -0.2) is 9.97 Å². The van der Waals surface area contributed by atoms with E-state index in [1.54, 1.807) is 0 Å². The monoisotopic (exact) mass is 286 g/mol. The van der Waals surface area contributed by atoms with Gasteiger partial charge >= 0.3 is 0 Å². The van der Waals surface area contributed by atoms with Gasteiger partial charge in [0.05, 0.1) is 5.52 Å². The van der Waals surface area contributed by atoms with Crippen LogP contribution >= 0.6 is 0 Å². The molecule has 0 saturated heterocycles. The smallest absolute Gasteiger partial charge is 0.222 e. The third-order valence-electron chi connectivity index (χ3n) is 3.88. The molecule has 0 bridgehead atoms. The van der Waals surface area contributed by atoms with E-state index in [1.165, 1.54) is 50.5 Å². The van der Waals surface area contributed by atoms with E-state index in [4.69, 9.17) is 11.5 Å². The topological polar surface area (TPSA) is 77.8 Å². The van der Waals surface area contributed by atoms with E-state index in [-0.39, 0.29) is 5.95 Å². The zero-order valence-corrected chi connectivity index (χ0v) is 12.9. The number of hydrogen-bond donors (Lipinski definition) is 2. The quantitative estimate of drug-likeness (QED) is 0.716. The molecule has 0 spiro atoms. The number of hydrogen-bond acceptors (Lipinski definition) is 4. The maximum Gasteiger partial charge on any atom is 0.222 e. The lowest BCUT2D eigenvalue weighted by Crippen LogP contribution is -2.00. The molecular weight excluding hydrogens is 260 g/mol. The second-order valence-electron chi connectivity index (χ2n) is 5.69. The van der Waals surface area contributed by atoms with E-state index in [0.717, 1.165) is 17.3 Å². The Balaban J connectivity index is 1.85. The van der Waals surface area contributed by atoms with Gasteiger partial charge in [-0.05, 0) is 30.5 Å². The van der Waals surface area contributed by atoms with Crippen LogP contribution in [0.3, 0.4) is 0 Å². The molecule has 0 aliphatic rings. The van der Waals surface area contributed by atoms with Crippen LogP contribution in [0.4, 0.5) is 11.8 Å². The molecule has 4 heteroatoms. The van der Waals surface area contributed by atoms with E-state index in [1.807, 2.05) is 6.07 Å². The van der Waals surface area contributed by atoms with Gasteiger partial charge in [-0.1, -0.05) is 51.5 Å². The molecule has 0 aliphatic carbocycles. The summed E-state index contributed by atoms with van der Waals surface area (Å²) in [5, 5.41) is 0.907. The predicted molar refractivity (Wildman–Crippen MR) is 90.1 cm³/mol. The number of anilines is 2. The lowest BCUT2D eigenvalue weighted by atomic mass is 10.0. The zero-order chi connectivity index (χ0) is 15.1. The van der Waals surface area contributed by atoms with Gasteiger partial charge in [-0.25, -0.2) is 4.98 Å². The van der Waals surface area contributed by atoms with Crippen LogP contribution in [0.2, 0.25) is 0 Å². The Morgan fingerprint density at radius 1 is 0.905 bits per heavy atom. The van der Waals surface area contributed by atoms with E-state index in [0.29, 0.717) is 5.82 Å². The third-order valence-corrected chi connectivity index (χ3v) is 3.88. The van der Waals surface area contributed by atoms with Gasteiger partial charge in [-0.15, -0.1) is 0 Å². The first kappa shape index (κ1) is 15.5. The molecule has 0 unspecified atom stereocenters. The molecule has 0 atom stereocenters. The van der Waals surface area contributed by atoms with Crippen LogP contribution in [-0.2, 0) is 6.42 Å². The van der Waals surface area contributed by atoms with Crippen LogP contribution in [0.5, 0.6) is 0 Å². The minimum absolute atomic E-state index is 0.236. The van der Waals surface area contributed by atoms with E-state index < -0.39 is 0 Å². The van der Waals surface area contributed by atoms with E-state index >= 15 is 0 Å². The van der Waals surface area contributed by atoms with Crippen molar-refractivity contribution in [3.63, 3.8) is 0 Å². The van der Waals surface area contributed by atoms with E-state index in [2.05, 4.69) is 29.0 Å². The minimum atomic E-state index is 0.236. The molecule has 2 aromatic rings. The Kier molecular flexibility index (Phi) is 5.78. The number of aryl methyl sites for hydroxylation is 1. The van der Waals surface area contributed by atoms with Crippen LogP contribution in [0.15, 0.2) is 18.2 Å². The first-order valence-corrected chi connectivity index (χ1v) is 8.02. The summed E-state index contributed by atoms with van der Waals surface area (Å²) in [6.07, 6.45) is 10.4. The maximum absolute atomic E-state index is 5.92. The Morgan fingerprint density at radius 3 is 2.38 bits per heavy atom. The summed E-state index contributed by atoms with van der Waals surface area (Å²) in [6.45, 7) is 2.25. The SMILES string of the molecule is CCCCCCCCCc1ccc2nc(N)nc(N)c2c1. The number of aromatic nitrogens is 2.